The van der Waals surface area contributed by atoms with Crippen LogP contribution < -0.4 is 5.32 Å². The van der Waals surface area contributed by atoms with E-state index in [2.05, 4.69) is 12.2 Å². The second-order valence-corrected chi connectivity index (χ2v) is 3.87. The molecule has 0 aliphatic heterocycles. The second kappa shape index (κ2) is 4.07. The normalized spacial score (nSPS) is 34.1. The van der Waals surface area contributed by atoms with Gasteiger partial charge in [0.05, 0.1) is 6.61 Å². The predicted octanol–water partition coefficient (Wildman–Crippen LogP) is 1.15. The maximum atomic E-state index is 8.80. The van der Waals surface area contributed by atoms with E-state index in [4.69, 9.17) is 5.11 Å². The van der Waals surface area contributed by atoms with Crippen LogP contribution in [0.4, 0.5) is 0 Å². The van der Waals surface area contributed by atoms with Gasteiger partial charge in [-0.05, 0) is 32.1 Å². The van der Waals surface area contributed by atoms with Crippen molar-refractivity contribution in [2.75, 3.05) is 6.61 Å². The molecule has 0 heterocycles. The first-order valence-corrected chi connectivity index (χ1v) is 4.59. The molecule has 11 heavy (non-hydrogen) atoms. The van der Waals surface area contributed by atoms with Crippen LogP contribution in [0.5, 0.6) is 0 Å². The Kier molecular flexibility index (Phi) is 3.34. The molecule has 0 aromatic carbocycles. The third kappa shape index (κ3) is 2.80. The number of aliphatic hydroxyl groups is 1. The van der Waals surface area contributed by atoms with Crippen molar-refractivity contribution in [1.82, 2.24) is 5.32 Å². The zero-order chi connectivity index (χ0) is 8.27. The molecule has 0 radical (unpaired) electrons. The average molecular weight is 157 g/mol. The lowest BCUT2D eigenvalue weighted by molar-refractivity contribution is 0.240. The molecule has 0 aromatic rings. The quantitative estimate of drug-likeness (QED) is 0.644. The molecule has 1 rings (SSSR count). The van der Waals surface area contributed by atoms with E-state index in [1.54, 1.807) is 0 Å². The Hall–Kier alpha value is -0.0800. The lowest BCUT2D eigenvalue weighted by Crippen LogP contribution is -2.37. The summed E-state index contributed by atoms with van der Waals surface area (Å²) >= 11 is 0. The van der Waals surface area contributed by atoms with E-state index in [1.165, 1.54) is 19.3 Å². The monoisotopic (exact) mass is 157 g/mol. The van der Waals surface area contributed by atoms with Gasteiger partial charge in [0.1, 0.15) is 0 Å². The maximum Gasteiger partial charge on any atom is 0.0582 e. The Balaban J connectivity index is 2.17. The largest absolute Gasteiger partial charge is 0.395 e. The first-order chi connectivity index (χ1) is 5.22. The van der Waals surface area contributed by atoms with Crippen LogP contribution >= 0.6 is 0 Å². The molecule has 2 nitrogen and oxygen atoms in total. The smallest absolute Gasteiger partial charge is 0.0582 e. The zero-order valence-corrected chi connectivity index (χ0v) is 7.51. The van der Waals surface area contributed by atoms with Gasteiger partial charge < -0.3 is 10.4 Å². The van der Waals surface area contributed by atoms with E-state index in [0.29, 0.717) is 6.04 Å². The van der Waals surface area contributed by atoms with E-state index < -0.39 is 0 Å². The summed E-state index contributed by atoms with van der Waals surface area (Å²) in [4.78, 5) is 0. The molecule has 2 N–H and O–H groups in total. The predicted molar refractivity (Wildman–Crippen MR) is 46.5 cm³/mol. The van der Waals surface area contributed by atoms with Crippen LogP contribution in [-0.2, 0) is 0 Å². The van der Waals surface area contributed by atoms with Crippen molar-refractivity contribution in [1.29, 1.82) is 0 Å². The summed E-state index contributed by atoms with van der Waals surface area (Å²) in [6.45, 7) is 4.58. The minimum atomic E-state index is 0.255. The van der Waals surface area contributed by atoms with Gasteiger partial charge in [-0.1, -0.05) is 6.92 Å². The van der Waals surface area contributed by atoms with Crippen molar-refractivity contribution >= 4 is 0 Å². The van der Waals surface area contributed by atoms with Crippen LogP contribution in [-0.4, -0.2) is 23.8 Å². The molecule has 0 amide bonds. The van der Waals surface area contributed by atoms with Gasteiger partial charge in [-0.25, -0.2) is 0 Å². The Morgan fingerprint density at radius 1 is 1.55 bits per heavy atom. The van der Waals surface area contributed by atoms with Crippen LogP contribution in [0, 0.1) is 5.92 Å². The van der Waals surface area contributed by atoms with Gasteiger partial charge in [0.2, 0.25) is 0 Å². The van der Waals surface area contributed by atoms with Crippen LogP contribution in [0.3, 0.4) is 0 Å². The van der Waals surface area contributed by atoms with Crippen molar-refractivity contribution in [2.45, 2.75) is 45.2 Å². The third-order valence-corrected chi connectivity index (χ3v) is 2.49. The molecule has 0 aromatic heterocycles. The minimum absolute atomic E-state index is 0.255. The third-order valence-electron chi connectivity index (χ3n) is 2.49. The second-order valence-electron chi connectivity index (χ2n) is 3.87. The summed E-state index contributed by atoms with van der Waals surface area (Å²) in [7, 11) is 0. The Labute approximate surface area is 69.0 Å². The lowest BCUT2D eigenvalue weighted by atomic mass is 10.1. The van der Waals surface area contributed by atoms with Gasteiger partial charge in [0, 0.05) is 12.1 Å². The maximum absolute atomic E-state index is 8.80. The number of hydrogen-bond donors (Lipinski definition) is 2. The van der Waals surface area contributed by atoms with E-state index in [-0.39, 0.29) is 12.6 Å². The first-order valence-electron chi connectivity index (χ1n) is 4.59. The van der Waals surface area contributed by atoms with Crippen LogP contribution in [0.1, 0.15) is 33.1 Å². The lowest BCUT2D eigenvalue weighted by Gasteiger charge is -2.16. The van der Waals surface area contributed by atoms with Gasteiger partial charge in [-0.2, -0.15) is 0 Å². The molecule has 2 heteroatoms. The molecule has 1 fully saturated rings. The van der Waals surface area contributed by atoms with Gasteiger partial charge in [0.15, 0.2) is 0 Å². The van der Waals surface area contributed by atoms with E-state index >= 15 is 0 Å². The number of nitrogens with one attached hydrogen (secondary N) is 1. The summed E-state index contributed by atoms with van der Waals surface area (Å²) in [6.07, 6.45) is 3.91. The highest BCUT2D eigenvalue weighted by atomic mass is 16.3. The Bertz CT molecular complexity index is 116. The molecule has 0 unspecified atom stereocenters. The summed E-state index contributed by atoms with van der Waals surface area (Å²) in [5.74, 6) is 0.874. The SMILES string of the molecule is C[C@H]1CC[C@H](N[C@@H](C)CO)C1. The molecule has 66 valence electrons. The highest BCUT2D eigenvalue weighted by molar-refractivity contribution is 4.80. The van der Waals surface area contributed by atoms with Crippen molar-refractivity contribution in [2.24, 2.45) is 5.92 Å². The average Bonchev–Trinajstić information content (AvgIpc) is 2.35. The molecule has 1 aliphatic carbocycles. The molecule has 1 aliphatic rings. The first kappa shape index (κ1) is 9.01. The fourth-order valence-electron chi connectivity index (χ4n) is 1.81. The summed E-state index contributed by atoms with van der Waals surface area (Å²) in [5, 5.41) is 12.2. The molecule has 0 saturated heterocycles. The Morgan fingerprint density at radius 3 is 2.73 bits per heavy atom. The summed E-state index contributed by atoms with van der Waals surface area (Å²) in [6, 6.07) is 0.928. The van der Waals surface area contributed by atoms with Crippen LogP contribution in [0.25, 0.3) is 0 Å². The molecule has 1 saturated carbocycles. The van der Waals surface area contributed by atoms with Gasteiger partial charge >= 0.3 is 0 Å². The standard InChI is InChI=1S/C9H19NO/c1-7-3-4-9(5-7)10-8(2)6-11/h7-11H,3-6H2,1-2H3/t7-,8-,9-/m0/s1. The van der Waals surface area contributed by atoms with Crippen molar-refractivity contribution in [3.05, 3.63) is 0 Å². The van der Waals surface area contributed by atoms with Gasteiger partial charge in [-0.15, -0.1) is 0 Å². The van der Waals surface area contributed by atoms with E-state index in [1.807, 2.05) is 6.92 Å². The Morgan fingerprint density at radius 2 is 2.27 bits per heavy atom. The van der Waals surface area contributed by atoms with Crippen molar-refractivity contribution < 1.29 is 5.11 Å². The van der Waals surface area contributed by atoms with Gasteiger partial charge in [-0.3, -0.25) is 0 Å². The molecule has 0 spiro atoms. The number of hydrogen-bond acceptors (Lipinski definition) is 2. The zero-order valence-electron chi connectivity index (χ0n) is 7.51. The minimum Gasteiger partial charge on any atom is -0.395 e. The summed E-state index contributed by atoms with van der Waals surface area (Å²) in [5.41, 5.74) is 0. The topological polar surface area (TPSA) is 32.3 Å². The fourth-order valence-corrected chi connectivity index (χ4v) is 1.81. The number of aliphatic hydroxyl groups excluding tert-OH is 1. The molecule has 0 bridgehead atoms. The highest BCUT2D eigenvalue weighted by Gasteiger charge is 2.21. The van der Waals surface area contributed by atoms with Crippen LogP contribution in [0.15, 0.2) is 0 Å². The molecular weight excluding hydrogens is 138 g/mol. The molecular formula is C9H19NO. The summed E-state index contributed by atoms with van der Waals surface area (Å²) < 4.78 is 0. The molecule has 3 atom stereocenters. The van der Waals surface area contributed by atoms with Crippen molar-refractivity contribution in [3.8, 4) is 0 Å². The highest BCUT2D eigenvalue weighted by Crippen LogP contribution is 2.24. The van der Waals surface area contributed by atoms with Gasteiger partial charge in [0.25, 0.3) is 0 Å². The van der Waals surface area contributed by atoms with E-state index in [0.717, 1.165) is 5.92 Å². The fraction of sp³-hybridized carbons (Fsp3) is 1.00. The van der Waals surface area contributed by atoms with E-state index in [9.17, 15) is 0 Å². The van der Waals surface area contributed by atoms with Crippen LogP contribution in [0.2, 0.25) is 0 Å². The van der Waals surface area contributed by atoms with Crippen molar-refractivity contribution in [3.63, 3.8) is 0 Å². The number of rotatable bonds is 3.